The summed E-state index contributed by atoms with van der Waals surface area (Å²) in [6.07, 6.45) is 0. The topological polar surface area (TPSA) is 30.5 Å². The Hall–Kier alpha value is -1.06. The van der Waals surface area contributed by atoms with Crippen LogP contribution in [0.25, 0.3) is 0 Å². The molecule has 3 nitrogen and oxygen atoms in total. The molecular weight excluding hydrogens is 226 g/mol. The summed E-state index contributed by atoms with van der Waals surface area (Å²) in [6, 6.07) is 8.51. The average Bonchev–Trinajstić information content (AvgIpc) is 2.38. The summed E-state index contributed by atoms with van der Waals surface area (Å²) in [5, 5.41) is 3.44. The minimum atomic E-state index is 0.533. The van der Waals surface area contributed by atoms with Gasteiger partial charge in [0, 0.05) is 12.6 Å². The Balaban J connectivity index is 2.17. The van der Waals surface area contributed by atoms with Gasteiger partial charge in [0.05, 0.1) is 20.3 Å². The van der Waals surface area contributed by atoms with Crippen LogP contribution in [-0.2, 0) is 11.3 Å². The lowest BCUT2D eigenvalue weighted by atomic mass is 10.1. The van der Waals surface area contributed by atoms with Crippen molar-refractivity contribution in [2.75, 3.05) is 20.3 Å². The van der Waals surface area contributed by atoms with Crippen molar-refractivity contribution in [2.24, 2.45) is 5.92 Å². The van der Waals surface area contributed by atoms with Crippen LogP contribution >= 0.6 is 0 Å². The fourth-order valence-electron chi connectivity index (χ4n) is 1.55. The van der Waals surface area contributed by atoms with Crippen molar-refractivity contribution in [3.8, 4) is 5.75 Å². The van der Waals surface area contributed by atoms with E-state index in [1.54, 1.807) is 7.11 Å². The van der Waals surface area contributed by atoms with Gasteiger partial charge in [0.2, 0.25) is 0 Å². The van der Waals surface area contributed by atoms with Gasteiger partial charge in [0.15, 0.2) is 0 Å². The molecule has 1 aromatic carbocycles. The van der Waals surface area contributed by atoms with Crippen LogP contribution in [0.15, 0.2) is 24.3 Å². The fourth-order valence-corrected chi connectivity index (χ4v) is 1.55. The van der Waals surface area contributed by atoms with E-state index >= 15 is 0 Å². The van der Waals surface area contributed by atoms with Crippen molar-refractivity contribution in [3.05, 3.63) is 29.8 Å². The van der Waals surface area contributed by atoms with E-state index in [0.29, 0.717) is 18.6 Å². The van der Waals surface area contributed by atoms with Gasteiger partial charge in [0.25, 0.3) is 0 Å². The van der Waals surface area contributed by atoms with E-state index in [0.717, 1.165) is 24.5 Å². The maximum atomic E-state index is 5.63. The molecule has 0 amide bonds. The smallest absolute Gasteiger partial charge is 0.119 e. The van der Waals surface area contributed by atoms with E-state index < -0.39 is 0 Å². The van der Waals surface area contributed by atoms with Crippen LogP contribution < -0.4 is 10.1 Å². The first-order chi connectivity index (χ1) is 8.63. The third-order valence-electron chi connectivity index (χ3n) is 3.12. The largest absolute Gasteiger partial charge is 0.497 e. The Bertz CT molecular complexity index is 339. The SMILES string of the molecule is COc1cccc(COCCNC(C)C(C)C)c1. The normalized spacial score (nSPS) is 12.7. The van der Waals surface area contributed by atoms with Crippen LogP contribution in [0.2, 0.25) is 0 Å². The molecule has 0 heterocycles. The van der Waals surface area contributed by atoms with Gasteiger partial charge < -0.3 is 14.8 Å². The first-order valence-corrected chi connectivity index (χ1v) is 6.57. The summed E-state index contributed by atoms with van der Waals surface area (Å²) in [5.74, 6) is 1.53. The Labute approximate surface area is 110 Å². The lowest BCUT2D eigenvalue weighted by Crippen LogP contribution is -2.33. The molecule has 3 heteroatoms. The van der Waals surface area contributed by atoms with Gasteiger partial charge in [-0.1, -0.05) is 26.0 Å². The highest BCUT2D eigenvalue weighted by atomic mass is 16.5. The van der Waals surface area contributed by atoms with Crippen LogP contribution in [0.5, 0.6) is 5.75 Å². The zero-order valence-electron chi connectivity index (χ0n) is 11.9. The summed E-state index contributed by atoms with van der Waals surface area (Å²) in [4.78, 5) is 0. The number of nitrogens with one attached hydrogen (secondary N) is 1. The van der Waals surface area contributed by atoms with E-state index in [1.165, 1.54) is 0 Å². The summed E-state index contributed by atoms with van der Waals surface area (Å²) >= 11 is 0. The van der Waals surface area contributed by atoms with Crippen LogP contribution in [-0.4, -0.2) is 26.3 Å². The molecule has 0 saturated heterocycles. The molecule has 0 aliphatic carbocycles. The van der Waals surface area contributed by atoms with Crippen molar-refractivity contribution in [1.29, 1.82) is 0 Å². The molecule has 0 aliphatic heterocycles. The molecule has 1 atom stereocenters. The van der Waals surface area contributed by atoms with Gasteiger partial charge in [-0.2, -0.15) is 0 Å². The molecule has 0 aromatic heterocycles. The predicted molar refractivity (Wildman–Crippen MR) is 75.0 cm³/mol. The lowest BCUT2D eigenvalue weighted by Gasteiger charge is -2.17. The number of methoxy groups -OCH3 is 1. The Morgan fingerprint density at radius 1 is 1.22 bits per heavy atom. The number of rotatable bonds is 8. The van der Waals surface area contributed by atoms with Crippen LogP contribution in [0, 0.1) is 5.92 Å². The first-order valence-electron chi connectivity index (χ1n) is 6.57. The standard InChI is InChI=1S/C15H25NO2/c1-12(2)13(3)16-8-9-18-11-14-6-5-7-15(10-14)17-4/h5-7,10,12-13,16H,8-9,11H2,1-4H3. The summed E-state index contributed by atoms with van der Waals surface area (Å²) in [6.45, 7) is 8.89. The van der Waals surface area contributed by atoms with E-state index in [9.17, 15) is 0 Å². The Kier molecular flexibility index (Phi) is 6.76. The molecule has 0 saturated carbocycles. The average molecular weight is 251 g/mol. The maximum absolute atomic E-state index is 5.63. The van der Waals surface area contributed by atoms with E-state index in [4.69, 9.17) is 9.47 Å². The van der Waals surface area contributed by atoms with Crippen molar-refractivity contribution in [2.45, 2.75) is 33.4 Å². The van der Waals surface area contributed by atoms with Gasteiger partial charge in [-0.05, 0) is 30.5 Å². The molecule has 0 fully saturated rings. The predicted octanol–water partition coefficient (Wildman–Crippen LogP) is 2.85. The highest BCUT2D eigenvalue weighted by molar-refractivity contribution is 5.27. The van der Waals surface area contributed by atoms with Gasteiger partial charge in [-0.25, -0.2) is 0 Å². The third kappa shape index (κ3) is 5.52. The zero-order valence-corrected chi connectivity index (χ0v) is 11.9. The molecule has 0 radical (unpaired) electrons. The number of hydrogen-bond donors (Lipinski definition) is 1. The molecule has 0 bridgehead atoms. The minimum Gasteiger partial charge on any atom is -0.497 e. The van der Waals surface area contributed by atoms with Crippen LogP contribution in [0.4, 0.5) is 0 Å². The molecule has 18 heavy (non-hydrogen) atoms. The third-order valence-corrected chi connectivity index (χ3v) is 3.12. The highest BCUT2D eigenvalue weighted by Gasteiger charge is 2.04. The lowest BCUT2D eigenvalue weighted by molar-refractivity contribution is 0.119. The number of ether oxygens (including phenoxy) is 2. The zero-order chi connectivity index (χ0) is 13.4. The second-order valence-corrected chi connectivity index (χ2v) is 4.89. The molecule has 1 rings (SSSR count). The molecule has 1 unspecified atom stereocenters. The van der Waals surface area contributed by atoms with Gasteiger partial charge >= 0.3 is 0 Å². The van der Waals surface area contributed by atoms with E-state index in [1.807, 2.05) is 24.3 Å². The summed E-state index contributed by atoms with van der Waals surface area (Å²) in [5.41, 5.74) is 1.14. The van der Waals surface area contributed by atoms with Gasteiger partial charge in [-0.15, -0.1) is 0 Å². The van der Waals surface area contributed by atoms with E-state index in [-0.39, 0.29) is 0 Å². The monoisotopic (exact) mass is 251 g/mol. The molecular formula is C15H25NO2. The van der Waals surface area contributed by atoms with Crippen molar-refractivity contribution >= 4 is 0 Å². The molecule has 0 spiro atoms. The summed E-state index contributed by atoms with van der Waals surface area (Å²) < 4.78 is 10.8. The molecule has 0 aliphatic rings. The van der Waals surface area contributed by atoms with Gasteiger partial charge in [0.1, 0.15) is 5.75 Å². The first kappa shape index (κ1) is 15.0. The van der Waals surface area contributed by atoms with Crippen molar-refractivity contribution in [1.82, 2.24) is 5.32 Å². The fraction of sp³-hybridized carbons (Fsp3) is 0.600. The number of hydrogen-bond acceptors (Lipinski definition) is 3. The maximum Gasteiger partial charge on any atom is 0.119 e. The second-order valence-electron chi connectivity index (χ2n) is 4.89. The molecule has 1 aromatic rings. The Morgan fingerprint density at radius 2 is 2.00 bits per heavy atom. The quantitative estimate of drug-likeness (QED) is 0.721. The van der Waals surface area contributed by atoms with Crippen LogP contribution in [0.1, 0.15) is 26.3 Å². The summed E-state index contributed by atoms with van der Waals surface area (Å²) in [7, 11) is 1.68. The molecule has 1 N–H and O–H groups in total. The molecule has 102 valence electrons. The van der Waals surface area contributed by atoms with Gasteiger partial charge in [-0.3, -0.25) is 0 Å². The second kappa shape index (κ2) is 8.11. The van der Waals surface area contributed by atoms with Crippen LogP contribution in [0.3, 0.4) is 0 Å². The van der Waals surface area contributed by atoms with E-state index in [2.05, 4.69) is 26.1 Å². The Morgan fingerprint density at radius 3 is 2.67 bits per heavy atom. The number of benzene rings is 1. The van der Waals surface area contributed by atoms with Crippen molar-refractivity contribution < 1.29 is 9.47 Å². The highest BCUT2D eigenvalue weighted by Crippen LogP contribution is 2.13. The minimum absolute atomic E-state index is 0.533. The van der Waals surface area contributed by atoms with Crippen molar-refractivity contribution in [3.63, 3.8) is 0 Å².